The Morgan fingerprint density at radius 3 is 2.24 bits per heavy atom. The van der Waals surface area contributed by atoms with Gasteiger partial charge < -0.3 is 9.84 Å². The van der Waals surface area contributed by atoms with Crippen molar-refractivity contribution >= 4 is 22.3 Å². The number of amides is 1. The maximum absolute atomic E-state index is 11.3. The molecule has 0 unspecified atom stereocenters. The average Bonchev–Trinajstić information content (AvgIpc) is 2.14. The Morgan fingerprint density at radius 1 is 1.35 bits per heavy atom. The van der Waals surface area contributed by atoms with Gasteiger partial charge in [-0.3, -0.25) is 4.79 Å². The van der Waals surface area contributed by atoms with Gasteiger partial charge in [-0.05, 0) is 12.3 Å². The summed E-state index contributed by atoms with van der Waals surface area (Å²) in [5.41, 5.74) is 0. The lowest BCUT2D eigenvalue weighted by Gasteiger charge is -2.16. The Balaban J connectivity index is 4.64. The number of rotatable bonds is 6. The number of methoxy groups -OCH3 is 1. The van der Waals surface area contributed by atoms with Crippen molar-refractivity contribution < 1.29 is 27.9 Å². The molecule has 0 aliphatic heterocycles. The van der Waals surface area contributed by atoms with Crippen molar-refractivity contribution in [2.45, 2.75) is 26.3 Å². The van der Waals surface area contributed by atoms with Crippen molar-refractivity contribution in [3.63, 3.8) is 0 Å². The van der Waals surface area contributed by atoms with Crippen molar-refractivity contribution in [2.24, 2.45) is 5.92 Å². The van der Waals surface area contributed by atoms with Crippen LogP contribution in [-0.2, 0) is 19.7 Å². The number of aliphatic carboxylic acids is 1. The summed E-state index contributed by atoms with van der Waals surface area (Å²) in [7, 11) is -3.24. The molecule has 0 spiro atoms. The van der Waals surface area contributed by atoms with Crippen LogP contribution in [0.15, 0.2) is 0 Å². The Bertz CT molecular complexity index is 377. The molecule has 8 nitrogen and oxygen atoms in total. The van der Waals surface area contributed by atoms with E-state index in [0.29, 0.717) is 0 Å². The van der Waals surface area contributed by atoms with Crippen molar-refractivity contribution in [3.05, 3.63) is 0 Å². The maximum Gasteiger partial charge on any atom is 0.421 e. The van der Waals surface area contributed by atoms with Crippen LogP contribution < -0.4 is 9.44 Å². The van der Waals surface area contributed by atoms with Gasteiger partial charge in [0.25, 0.3) is 0 Å². The van der Waals surface area contributed by atoms with Gasteiger partial charge in [-0.1, -0.05) is 13.8 Å². The second-order valence-corrected chi connectivity index (χ2v) is 5.18. The molecule has 0 bridgehead atoms. The molecule has 0 aromatic heterocycles. The lowest BCUT2D eigenvalue weighted by Crippen LogP contribution is -2.48. The molecular formula is C8H16N2O6S. The zero-order valence-electron chi connectivity index (χ0n) is 9.76. The summed E-state index contributed by atoms with van der Waals surface area (Å²) in [5, 5.41) is 8.81. The first-order valence-electron chi connectivity index (χ1n) is 4.78. The van der Waals surface area contributed by atoms with E-state index < -0.39 is 28.3 Å². The van der Waals surface area contributed by atoms with E-state index >= 15 is 0 Å². The number of hydrogen-bond donors (Lipinski definition) is 3. The lowest BCUT2D eigenvalue weighted by molar-refractivity contribution is -0.139. The summed E-state index contributed by atoms with van der Waals surface area (Å²) >= 11 is 0. The number of carboxylic acids is 1. The number of hydrogen-bond acceptors (Lipinski definition) is 5. The molecule has 0 aromatic carbocycles. The van der Waals surface area contributed by atoms with Gasteiger partial charge in [0, 0.05) is 0 Å². The van der Waals surface area contributed by atoms with Crippen LogP contribution >= 0.6 is 0 Å². The van der Waals surface area contributed by atoms with Gasteiger partial charge in [-0.15, -0.1) is 0 Å². The van der Waals surface area contributed by atoms with E-state index in [4.69, 9.17) is 5.11 Å². The molecule has 1 amide bonds. The fraction of sp³-hybridized carbons (Fsp3) is 0.750. The van der Waals surface area contributed by atoms with Crippen molar-refractivity contribution in [3.8, 4) is 0 Å². The van der Waals surface area contributed by atoms with Gasteiger partial charge in [-0.25, -0.2) is 9.52 Å². The van der Waals surface area contributed by atoms with Crippen LogP contribution in [0.1, 0.15) is 20.3 Å². The average molecular weight is 268 g/mol. The predicted octanol–water partition coefficient (Wildman–Crippen LogP) is -0.324. The molecule has 0 rings (SSSR count). The van der Waals surface area contributed by atoms with Gasteiger partial charge in [0.2, 0.25) is 0 Å². The molecule has 9 heteroatoms. The summed E-state index contributed by atoms with van der Waals surface area (Å²) in [6, 6.07) is -1.29. The third-order valence-corrected chi connectivity index (χ3v) is 2.74. The zero-order chi connectivity index (χ0) is 13.6. The van der Waals surface area contributed by atoms with Crippen molar-refractivity contribution in [2.75, 3.05) is 7.11 Å². The predicted molar refractivity (Wildman–Crippen MR) is 58.5 cm³/mol. The van der Waals surface area contributed by atoms with E-state index in [9.17, 15) is 18.0 Å². The molecule has 0 radical (unpaired) electrons. The molecule has 0 aliphatic carbocycles. The normalized spacial score (nSPS) is 13.2. The van der Waals surface area contributed by atoms with Crippen LogP contribution in [0.3, 0.4) is 0 Å². The minimum Gasteiger partial charge on any atom is -0.480 e. The molecule has 0 aliphatic rings. The van der Waals surface area contributed by atoms with E-state index in [0.717, 1.165) is 7.11 Å². The highest BCUT2D eigenvalue weighted by molar-refractivity contribution is 7.88. The van der Waals surface area contributed by atoms with Crippen molar-refractivity contribution in [1.29, 1.82) is 0 Å². The molecule has 0 aromatic rings. The number of carbonyl (C=O) groups is 2. The summed E-state index contributed by atoms with van der Waals surface area (Å²) in [5.74, 6) is -1.33. The Labute approximate surface area is 99.5 Å². The van der Waals surface area contributed by atoms with Gasteiger partial charge in [0.1, 0.15) is 6.04 Å². The Hall–Kier alpha value is -1.35. The first-order valence-corrected chi connectivity index (χ1v) is 6.27. The van der Waals surface area contributed by atoms with Crippen LogP contribution in [0.4, 0.5) is 4.79 Å². The topological polar surface area (TPSA) is 122 Å². The minimum absolute atomic E-state index is 0.0167. The highest BCUT2D eigenvalue weighted by Crippen LogP contribution is 2.05. The highest BCUT2D eigenvalue weighted by atomic mass is 32.2. The van der Waals surface area contributed by atoms with Crippen LogP contribution in [0.2, 0.25) is 0 Å². The third-order valence-electron chi connectivity index (χ3n) is 1.71. The molecule has 3 N–H and O–H groups in total. The molecule has 0 heterocycles. The molecule has 1 atom stereocenters. The van der Waals surface area contributed by atoms with E-state index in [1.165, 1.54) is 4.72 Å². The number of ether oxygens (including phenoxy) is 1. The van der Waals surface area contributed by atoms with Crippen LogP contribution in [-0.4, -0.2) is 38.7 Å². The first-order chi connectivity index (χ1) is 7.68. The van der Waals surface area contributed by atoms with Gasteiger partial charge >= 0.3 is 22.3 Å². The monoisotopic (exact) mass is 268 g/mol. The van der Waals surface area contributed by atoms with Crippen LogP contribution in [0.25, 0.3) is 0 Å². The van der Waals surface area contributed by atoms with Gasteiger partial charge in [-0.2, -0.15) is 13.1 Å². The number of carbonyl (C=O) groups excluding carboxylic acids is 1. The smallest absolute Gasteiger partial charge is 0.421 e. The molecule has 0 saturated heterocycles. The van der Waals surface area contributed by atoms with E-state index in [-0.39, 0.29) is 12.3 Å². The van der Waals surface area contributed by atoms with Crippen LogP contribution in [0.5, 0.6) is 0 Å². The lowest BCUT2D eigenvalue weighted by atomic mass is 10.1. The van der Waals surface area contributed by atoms with Crippen LogP contribution in [0, 0.1) is 5.92 Å². The first kappa shape index (κ1) is 15.7. The standard InChI is InChI=1S/C8H16N2O6S/c1-5(2)4-6(7(11)12)9-17(14,15)10-8(13)16-3/h5-6,9H,4H2,1-3H3,(H,10,13)(H,11,12)/t6-/m0/s1. The fourth-order valence-corrected chi connectivity index (χ4v) is 1.97. The van der Waals surface area contributed by atoms with E-state index in [1.807, 2.05) is 4.72 Å². The van der Waals surface area contributed by atoms with Gasteiger partial charge in [0.05, 0.1) is 7.11 Å². The van der Waals surface area contributed by atoms with E-state index in [1.54, 1.807) is 13.8 Å². The van der Waals surface area contributed by atoms with E-state index in [2.05, 4.69) is 4.74 Å². The largest absolute Gasteiger partial charge is 0.480 e. The molecule has 17 heavy (non-hydrogen) atoms. The summed E-state index contributed by atoms with van der Waals surface area (Å²) in [4.78, 5) is 21.5. The zero-order valence-corrected chi connectivity index (χ0v) is 10.6. The van der Waals surface area contributed by atoms with Crippen molar-refractivity contribution in [1.82, 2.24) is 9.44 Å². The molecular weight excluding hydrogens is 252 g/mol. The Morgan fingerprint density at radius 2 is 1.88 bits per heavy atom. The highest BCUT2D eigenvalue weighted by Gasteiger charge is 2.26. The number of carboxylic acid groups (broad SMARTS) is 1. The minimum atomic E-state index is -4.24. The third kappa shape index (κ3) is 6.74. The summed E-state index contributed by atoms with van der Waals surface area (Å²) in [6.45, 7) is 3.50. The number of nitrogens with one attached hydrogen (secondary N) is 2. The van der Waals surface area contributed by atoms with Gasteiger partial charge in [0.15, 0.2) is 0 Å². The second kappa shape index (κ2) is 6.40. The second-order valence-electron chi connectivity index (χ2n) is 3.74. The molecule has 0 saturated carbocycles. The molecule has 100 valence electrons. The maximum atomic E-state index is 11.3. The quantitative estimate of drug-likeness (QED) is 0.606. The summed E-state index contributed by atoms with van der Waals surface area (Å²) in [6.07, 6.45) is -1.08. The summed E-state index contributed by atoms with van der Waals surface area (Å²) < 4.78 is 30.1. The Kier molecular flexibility index (Phi) is 5.89. The molecule has 0 fully saturated rings. The SMILES string of the molecule is COC(=O)NS(=O)(=O)N[C@@H](CC(C)C)C(=O)O. The fourth-order valence-electron chi connectivity index (χ4n) is 1.04.